The molecule has 148 valence electrons. The van der Waals surface area contributed by atoms with Crippen molar-refractivity contribution in [3.63, 3.8) is 0 Å². The van der Waals surface area contributed by atoms with Crippen molar-refractivity contribution in [2.75, 3.05) is 12.4 Å². The van der Waals surface area contributed by atoms with Crippen LogP contribution in [0.2, 0.25) is 0 Å². The van der Waals surface area contributed by atoms with Crippen LogP contribution in [0, 0.1) is 10.1 Å². The number of hydrogen-bond donors (Lipinski definition) is 1. The van der Waals surface area contributed by atoms with E-state index in [-0.39, 0.29) is 23.7 Å². The Balaban J connectivity index is 1.97. The monoisotopic (exact) mass is 386 g/mol. The van der Waals surface area contributed by atoms with E-state index in [0.29, 0.717) is 5.75 Å². The zero-order valence-corrected chi connectivity index (χ0v) is 15.9. The normalized spacial score (nSPS) is 12.5. The van der Waals surface area contributed by atoms with E-state index in [1.54, 1.807) is 0 Å². The highest BCUT2D eigenvalue weighted by Crippen LogP contribution is 2.29. The average molecular weight is 386 g/mol. The maximum atomic E-state index is 12.3. The molecule has 2 atom stereocenters. The van der Waals surface area contributed by atoms with Gasteiger partial charge in [0.2, 0.25) is 0 Å². The summed E-state index contributed by atoms with van der Waals surface area (Å²) in [5, 5.41) is 13.6. The lowest BCUT2D eigenvalue weighted by Crippen LogP contribution is -2.30. The molecule has 0 heterocycles. The minimum absolute atomic E-state index is 0.00338. The van der Waals surface area contributed by atoms with Gasteiger partial charge in [0.05, 0.1) is 24.5 Å². The molecule has 1 N–H and O–H groups in total. The Morgan fingerprint density at radius 2 is 1.82 bits per heavy atom. The lowest BCUT2D eigenvalue weighted by atomic mass is 9.98. The van der Waals surface area contributed by atoms with Crippen LogP contribution >= 0.6 is 0 Å². The van der Waals surface area contributed by atoms with Crippen LogP contribution < -0.4 is 10.1 Å². The van der Waals surface area contributed by atoms with Gasteiger partial charge in [-0.1, -0.05) is 37.3 Å². The fourth-order valence-electron chi connectivity index (χ4n) is 2.58. The highest BCUT2D eigenvalue weighted by molar-refractivity contribution is 5.97. The van der Waals surface area contributed by atoms with Crippen molar-refractivity contribution in [3.05, 3.63) is 64.2 Å². The predicted octanol–water partition coefficient (Wildman–Crippen LogP) is 3.67. The largest absolute Gasteiger partial charge is 0.496 e. The number of rotatable bonds is 8. The fraction of sp³-hybridized carbons (Fsp3) is 0.300. The van der Waals surface area contributed by atoms with E-state index in [2.05, 4.69) is 5.32 Å². The molecule has 0 unspecified atom stereocenters. The number of anilines is 1. The smallest absolute Gasteiger partial charge is 0.307 e. The van der Waals surface area contributed by atoms with Crippen LogP contribution in [0.1, 0.15) is 31.7 Å². The Hall–Kier alpha value is -3.42. The molecule has 0 radical (unpaired) electrons. The summed E-state index contributed by atoms with van der Waals surface area (Å²) < 4.78 is 10.1. The summed E-state index contributed by atoms with van der Waals surface area (Å²) in [6, 6.07) is 13.5. The van der Waals surface area contributed by atoms with Gasteiger partial charge in [0.25, 0.3) is 11.6 Å². The zero-order valence-electron chi connectivity index (χ0n) is 15.9. The number of amides is 1. The maximum absolute atomic E-state index is 12.3. The van der Waals surface area contributed by atoms with Crippen molar-refractivity contribution < 1.29 is 24.0 Å². The number of hydrogen-bond acceptors (Lipinski definition) is 6. The van der Waals surface area contributed by atoms with E-state index < -0.39 is 22.9 Å². The number of ether oxygens (including phenoxy) is 2. The maximum Gasteiger partial charge on any atom is 0.307 e. The van der Waals surface area contributed by atoms with Crippen LogP contribution in [-0.2, 0) is 14.3 Å². The minimum Gasteiger partial charge on any atom is -0.496 e. The van der Waals surface area contributed by atoms with Crippen molar-refractivity contribution >= 4 is 23.3 Å². The van der Waals surface area contributed by atoms with Gasteiger partial charge in [-0.05, 0) is 30.5 Å². The second kappa shape index (κ2) is 9.50. The van der Waals surface area contributed by atoms with Gasteiger partial charge in [-0.3, -0.25) is 19.7 Å². The van der Waals surface area contributed by atoms with Gasteiger partial charge >= 0.3 is 5.97 Å². The summed E-state index contributed by atoms with van der Waals surface area (Å²) in [5.74, 6) is -0.956. The number of carbonyl (C=O) groups is 2. The molecular formula is C20H22N2O6. The molecule has 0 spiro atoms. The number of esters is 1. The summed E-state index contributed by atoms with van der Waals surface area (Å²) in [5.41, 5.74) is 0.672. The van der Waals surface area contributed by atoms with Crippen LogP contribution in [0.15, 0.2) is 48.5 Å². The number of methoxy groups -OCH3 is 1. The number of nitrogens with one attached hydrogen (secondary N) is 1. The van der Waals surface area contributed by atoms with Crippen LogP contribution in [0.5, 0.6) is 5.75 Å². The lowest BCUT2D eigenvalue weighted by molar-refractivity contribution is -0.384. The van der Waals surface area contributed by atoms with Gasteiger partial charge in [-0.25, -0.2) is 0 Å². The van der Waals surface area contributed by atoms with E-state index >= 15 is 0 Å². The molecule has 8 nitrogen and oxygen atoms in total. The predicted molar refractivity (Wildman–Crippen MR) is 103 cm³/mol. The third-order valence-electron chi connectivity index (χ3n) is 4.18. The molecule has 0 aromatic heterocycles. The molecule has 0 bridgehead atoms. The molecule has 0 aliphatic carbocycles. The Labute approximate surface area is 162 Å². The molecule has 0 aliphatic rings. The highest BCUT2D eigenvalue weighted by Gasteiger charge is 2.23. The van der Waals surface area contributed by atoms with Gasteiger partial charge in [-0.2, -0.15) is 0 Å². The molecule has 2 rings (SSSR count). The van der Waals surface area contributed by atoms with Crippen LogP contribution in [0.4, 0.5) is 11.4 Å². The first-order chi connectivity index (χ1) is 13.3. The Morgan fingerprint density at radius 1 is 1.14 bits per heavy atom. The molecular weight excluding hydrogens is 364 g/mol. The van der Waals surface area contributed by atoms with E-state index in [4.69, 9.17) is 9.47 Å². The number of nitrogens with zero attached hydrogens (tertiary/aromatic N) is 1. The summed E-state index contributed by atoms with van der Waals surface area (Å²) in [7, 11) is 1.38. The SMILES string of the molecule is COc1ccc(NC(=O)[C@H](C)OC(=O)C[C@H](C)c2ccccc2)c([N+](=O)[O-])c1. The van der Waals surface area contributed by atoms with Crippen molar-refractivity contribution in [1.82, 2.24) is 0 Å². The van der Waals surface area contributed by atoms with E-state index in [1.165, 1.54) is 32.2 Å². The molecule has 0 saturated carbocycles. The second-order valence-corrected chi connectivity index (χ2v) is 6.28. The van der Waals surface area contributed by atoms with Crippen LogP contribution in [0.3, 0.4) is 0 Å². The number of nitro benzene ring substituents is 1. The second-order valence-electron chi connectivity index (χ2n) is 6.28. The first-order valence-corrected chi connectivity index (χ1v) is 8.69. The third-order valence-corrected chi connectivity index (χ3v) is 4.18. The Morgan fingerprint density at radius 3 is 2.43 bits per heavy atom. The molecule has 0 fully saturated rings. The molecule has 1 amide bonds. The Bertz CT molecular complexity index is 853. The average Bonchev–Trinajstić information content (AvgIpc) is 2.68. The topological polar surface area (TPSA) is 108 Å². The van der Waals surface area contributed by atoms with E-state index in [9.17, 15) is 19.7 Å². The number of carbonyl (C=O) groups excluding carboxylic acids is 2. The molecule has 2 aromatic carbocycles. The van der Waals surface area contributed by atoms with Crippen molar-refractivity contribution in [2.24, 2.45) is 0 Å². The number of nitro groups is 1. The summed E-state index contributed by atoms with van der Waals surface area (Å²) in [6.07, 6.45) is -0.984. The van der Waals surface area contributed by atoms with Crippen LogP contribution in [0.25, 0.3) is 0 Å². The first-order valence-electron chi connectivity index (χ1n) is 8.69. The molecule has 0 saturated heterocycles. The molecule has 28 heavy (non-hydrogen) atoms. The van der Waals surface area contributed by atoms with Gasteiger partial charge in [0.1, 0.15) is 11.4 Å². The van der Waals surface area contributed by atoms with Gasteiger partial charge in [0.15, 0.2) is 6.10 Å². The zero-order chi connectivity index (χ0) is 20.7. The van der Waals surface area contributed by atoms with Crippen molar-refractivity contribution in [3.8, 4) is 5.75 Å². The summed E-state index contributed by atoms with van der Waals surface area (Å²) in [4.78, 5) is 35.0. The summed E-state index contributed by atoms with van der Waals surface area (Å²) in [6.45, 7) is 3.30. The highest BCUT2D eigenvalue weighted by atomic mass is 16.6. The fourth-order valence-corrected chi connectivity index (χ4v) is 2.58. The molecule has 2 aromatic rings. The Kier molecular flexibility index (Phi) is 7.08. The number of benzene rings is 2. The summed E-state index contributed by atoms with van der Waals surface area (Å²) >= 11 is 0. The molecule has 0 aliphatic heterocycles. The van der Waals surface area contributed by atoms with Gasteiger partial charge in [0, 0.05) is 0 Å². The van der Waals surface area contributed by atoms with Crippen molar-refractivity contribution in [1.29, 1.82) is 0 Å². The standard InChI is InChI=1S/C20H22N2O6/c1-13(15-7-5-4-6-8-15)11-19(23)28-14(2)20(24)21-17-10-9-16(27-3)12-18(17)22(25)26/h4-10,12-14H,11H2,1-3H3,(H,21,24)/t13-,14-/m0/s1. The minimum atomic E-state index is -1.10. The third kappa shape index (κ3) is 5.54. The van der Waals surface area contributed by atoms with Crippen molar-refractivity contribution in [2.45, 2.75) is 32.3 Å². The quantitative estimate of drug-likeness (QED) is 0.421. The van der Waals surface area contributed by atoms with E-state index in [0.717, 1.165) is 5.56 Å². The first kappa shape index (κ1) is 20.9. The van der Waals surface area contributed by atoms with Gasteiger partial charge < -0.3 is 14.8 Å². The lowest BCUT2D eigenvalue weighted by Gasteiger charge is -2.16. The molecule has 8 heteroatoms. The van der Waals surface area contributed by atoms with Crippen LogP contribution in [-0.4, -0.2) is 30.0 Å². The van der Waals surface area contributed by atoms with E-state index in [1.807, 2.05) is 37.3 Å². The van der Waals surface area contributed by atoms with Gasteiger partial charge in [-0.15, -0.1) is 0 Å².